The number of thioether (sulfide) groups is 1. The van der Waals surface area contributed by atoms with E-state index in [1.165, 1.54) is 25.7 Å². The predicted octanol–water partition coefficient (Wildman–Crippen LogP) is 4.01. The van der Waals surface area contributed by atoms with Crippen LogP contribution in [0.1, 0.15) is 60.9 Å². The van der Waals surface area contributed by atoms with Gasteiger partial charge in [-0.25, -0.2) is 0 Å². The molecule has 0 saturated heterocycles. The van der Waals surface area contributed by atoms with Gasteiger partial charge in [0.15, 0.2) is 0 Å². The third-order valence-corrected chi connectivity index (χ3v) is 5.49. The maximum Gasteiger partial charge on any atom is 0.303 e. The number of benzene rings is 1. The molecule has 2 N–H and O–H groups in total. The normalized spacial score (nSPS) is 14.8. The number of hydrogen-bond donors (Lipinski definition) is 2. The van der Waals surface area contributed by atoms with Crippen molar-refractivity contribution in [2.45, 2.75) is 62.0 Å². The van der Waals surface area contributed by atoms with Gasteiger partial charge in [0.05, 0.1) is 5.56 Å². The first-order valence-electron chi connectivity index (χ1n) is 8.33. The Morgan fingerprint density at radius 3 is 2.70 bits per heavy atom. The van der Waals surface area contributed by atoms with Crippen LogP contribution in [0.25, 0.3) is 0 Å². The number of nitrogens with one attached hydrogen (secondary N) is 1. The van der Waals surface area contributed by atoms with Gasteiger partial charge in [0, 0.05) is 23.1 Å². The van der Waals surface area contributed by atoms with Crippen LogP contribution in [0.4, 0.5) is 0 Å². The summed E-state index contributed by atoms with van der Waals surface area (Å²) in [5, 5.41) is 12.2. The van der Waals surface area contributed by atoms with E-state index in [1.54, 1.807) is 0 Å². The summed E-state index contributed by atoms with van der Waals surface area (Å²) < 4.78 is 0. The maximum absolute atomic E-state index is 12.4. The Hall–Kier alpha value is -1.49. The van der Waals surface area contributed by atoms with Crippen molar-refractivity contribution >= 4 is 23.6 Å². The monoisotopic (exact) mass is 335 g/mol. The molecule has 0 bridgehead atoms. The molecule has 1 aliphatic carbocycles. The highest BCUT2D eigenvalue weighted by Crippen LogP contribution is 2.36. The van der Waals surface area contributed by atoms with Crippen molar-refractivity contribution in [3.05, 3.63) is 29.3 Å². The van der Waals surface area contributed by atoms with E-state index in [-0.39, 0.29) is 12.3 Å². The summed E-state index contributed by atoms with van der Waals surface area (Å²) in [5.74, 6) is -0.838. The minimum atomic E-state index is -0.787. The number of carboxylic acids is 1. The SMILES string of the molecule is Cc1ccc(SC2CCCC2)c(C(=O)NCCCCC(=O)O)c1. The molecule has 0 aliphatic heterocycles. The molecule has 1 aromatic carbocycles. The van der Waals surface area contributed by atoms with Crippen LogP contribution in [0, 0.1) is 6.92 Å². The topological polar surface area (TPSA) is 66.4 Å². The lowest BCUT2D eigenvalue weighted by atomic mass is 10.1. The summed E-state index contributed by atoms with van der Waals surface area (Å²) in [6, 6.07) is 6.06. The standard InChI is InChI=1S/C18H25NO3S/c1-13-9-10-16(23-14-6-2-3-7-14)15(12-13)18(22)19-11-5-4-8-17(20)21/h9-10,12,14H,2-8,11H2,1H3,(H,19,22)(H,20,21). The van der Waals surface area contributed by atoms with E-state index in [1.807, 2.05) is 24.8 Å². The van der Waals surface area contributed by atoms with E-state index in [9.17, 15) is 9.59 Å². The lowest BCUT2D eigenvalue weighted by Gasteiger charge is -2.14. The van der Waals surface area contributed by atoms with Crippen molar-refractivity contribution in [1.29, 1.82) is 0 Å². The van der Waals surface area contributed by atoms with Crippen molar-refractivity contribution in [2.24, 2.45) is 0 Å². The number of hydrogen-bond acceptors (Lipinski definition) is 3. The van der Waals surface area contributed by atoms with Crippen LogP contribution in [0.3, 0.4) is 0 Å². The number of carbonyl (C=O) groups is 2. The highest BCUT2D eigenvalue weighted by atomic mass is 32.2. The van der Waals surface area contributed by atoms with Crippen LogP contribution in [-0.4, -0.2) is 28.8 Å². The molecular weight excluding hydrogens is 310 g/mol. The van der Waals surface area contributed by atoms with Gasteiger partial charge in [0.2, 0.25) is 0 Å². The minimum absolute atomic E-state index is 0.0514. The number of aryl methyl sites for hydroxylation is 1. The van der Waals surface area contributed by atoms with Crippen LogP contribution in [-0.2, 0) is 4.79 Å². The molecule has 1 amide bonds. The largest absolute Gasteiger partial charge is 0.481 e. The molecule has 4 nitrogen and oxygen atoms in total. The molecule has 0 atom stereocenters. The van der Waals surface area contributed by atoms with E-state index in [4.69, 9.17) is 5.11 Å². The molecule has 1 aliphatic rings. The molecule has 1 aromatic rings. The number of carboxylic acid groups (broad SMARTS) is 1. The first kappa shape index (κ1) is 17.9. The van der Waals surface area contributed by atoms with Crippen LogP contribution in [0.2, 0.25) is 0 Å². The fourth-order valence-corrected chi connectivity index (χ4v) is 4.16. The van der Waals surface area contributed by atoms with Crippen LogP contribution in [0.15, 0.2) is 23.1 Å². The average molecular weight is 335 g/mol. The summed E-state index contributed by atoms with van der Waals surface area (Å²) >= 11 is 1.82. The molecule has 23 heavy (non-hydrogen) atoms. The fourth-order valence-electron chi connectivity index (χ4n) is 2.81. The Labute approximate surface area is 142 Å². The molecule has 0 spiro atoms. The van der Waals surface area contributed by atoms with Gasteiger partial charge in [0.25, 0.3) is 5.91 Å². The van der Waals surface area contributed by atoms with Gasteiger partial charge in [-0.1, -0.05) is 24.5 Å². The molecule has 2 rings (SSSR count). The zero-order valence-corrected chi connectivity index (χ0v) is 14.5. The molecule has 0 heterocycles. The zero-order chi connectivity index (χ0) is 16.7. The Balaban J connectivity index is 1.92. The van der Waals surface area contributed by atoms with Gasteiger partial charge in [-0.3, -0.25) is 9.59 Å². The van der Waals surface area contributed by atoms with E-state index >= 15 is 0 Å². The van der Waals surface area contributed by atoms with Gasteiger partial charge in [-0.05, 0) is 44.7 Å². The van der Waals surface area contributed by atoms with Gasteiger partial charge < -0.3 is 10.4 Å². The van der Waals surface area contributed by atoms with Crippen molar-refractivity contribution in [1.82, 2.24) is 5.32 Å². The van der Waals surface area contributed by atoms with E-state index < -0.39 is 5.97 Å². The van der Waals surface area contributed by atoms with Gasteiger partial charge in [0.1, 0.15) is 0 Å². The molecule has 1 fully saturated rings. The summed E-state index contributed by atoms with van der Waals surface area (Å²) in [6.45, 7) is 2.52. The molecular formula is C18H25NO3S. The minimum Gasteiger partial charge on any atom is -0.481 e. The molecule has 5 heteroatoms. The van der Waals surface area contributed by atoms with E-state index in [0.717, 1.165) is 16.0 Å². The van der Waals surface area contributed by atoms with Crippen molar-refractivity contribution in [2.75, 3.05) is 6.54 Å². The second-order valence-electron chi connectivity index (χ2n) is 6.13. The first-order chi connectivity index (χ1) is 11.1. The van der Waals surface area contributed by atoms with Crippen LogP contribution >= 0.6 is 11.8 Å². The third-order valence-electron chi connectivity index (χ3n) is 4.08. The van der Waals surface area contributed by atoms with Crippen molar-refractivity contribution in [3.63, 3.8) is 0 Å². The second kappa shape index (κ2) is 8.96. The molecule has 0 aromatic heterocycles. The Kier molecular flexibility index (Phi) is 6.96. The zero-order valence-electron chi connectivity index (χ0n) is 13.6. The highest BCUT2D eigenvalue weighted by molar-refractivity contribution is 8.00. The van der Waals surface area contributed by atoms with Gasteiger partial charge in [-0.15, -0.1) is 11.8 Å². The Bertz CT molecular complexity index is 553. The summed E-state index contributed by atoms with van der Waals surface area (Å²) in [5.41, 5.74) is 1.83. The van der Waals surface area contributed by atoms with Gasteiger partial charge >= 0.3 is 5.97 Å². The van der Waals surface area contributed by atoms with Crippen LogP contribution in [0.5, 0.6) is 0 Å². The average Bonchev–Trinajstić information content (AvgIpc) is 3.01. The molecule has 1 saturated carbocycles. The smallest absolute Gasteiger partial charge is 0.303 e. The Morgan fingerprint density at radius 1 is 1.26 bits per heavy atom. The predicted molar refractivity (Wildman–Crippen MR) is 93.1 cm³/mol. The quantitative estimate of drug-likeness (QED) is 0.704. The molecule has 0 unspecified atom stereocenters. The maximum atomic E-state index is 12.4. The molecule has 126 valence electrons. The third kappa shape index (κ3) is 5.90. The fraction of sp³-hybridized carbons (Fsp3) is 0.556. The lowest BCUT2D eigenvalue weighted by Crippen LogP contribution is -2.25. The van der Waals surface area contributed by atoms with Crippen LogP contribution < -0.4 is 5.32 Å². The lowest BCUT2D eigenvalue weighted by molar-refractivity contribution is -0.137. The number of carbonyl (C=O) groups excluding carboxylic acids is 1. The van der Waals surface area contributed by atoms with E-state index in [2.05, 4.69) is 17.4 Å². The first-order valence-corrected chi connectivity index (χ1v) is 9.21. The highest BCUT2D eigenvalue weighted by Gasteiger charge is 2.19. The second-order valence-corrected chi connectivity index (χ2v) is 7.47. The number of unbranched alkanes of at least 4 members (excludes halogenated alkanes) is 1. The van der Waals surface area contributed by atoms with Gasteiger partial charge in [-0.2, -0.15) is 0 Å². The van der Waals surface area contributed by atoms with Crippen molar-refractivity contribution in [3.8, 4) is 0 Å². The van der Waals surface area contributed by atoms with E-state index in [0.29, 0.717) is 24.6 Å². The number of rotatable bonds is 8. The number of aliphatic carboxylic acids is 1. The van der Waals surface area contributed by atoms with Crippen molar-refractivity contribution < 1.29 is 14.7 Å². The Morgan fingerprint density at radius 2 is 2.00 bits per heavy atom. The summed E-state index contributed by atoms with van der Waals surface area (Å²) in [7, 11) is 0. The summed E-state index contributed by atoms with van der Waals surface area (Å²) in [4.78, 5) is 24.0. The summed E-state index contributed by atoms with van der Waals surface area (Å²) in [6.07, 6.45) is 6.47. The molecule has 0 radical (unpaired) electrons. The number of amides is 1.